The molecule has 2 aromatic rings. The van der Waals surface area contributed by atoms with E-state index >= 15 is 0 Å². The Kier molecular flexibility index (Phi) is 3.97. The van der Waals surface area contributed by atoms with E-state index in [9.17, 15) is 13.2 Å². The van der Waals surface area contributed by atoms with Crippen molar-refractivity contribution in [1.82, 2.24) is 0 Å². The molecule has 0 aromatic heterocycles. The number of nitrogens with one attached hydrogen (secondary N) is 1. The first kappa shape index (κ1) is 16.8. The second kappa shape index (κ2) is 5.93. The summed E-state index contributed by atoms with van der Waals surface area (Å²) in [5.41, 5.74) is 1.77. The molecule has 1 atom stereocenters. The molecule has 0 fully saturated rings. The molecular formula is C17H15ClN2O3S2. The molecule has 25 heavy (non-hydrogen) atoms. The van der Waals surface area contributed by atoms with Crippen molar-refractivity contribution < 1.29 is 13.2 Å². The van der Waals surface area contributed by atoms with Gasteiger partial charge in [0.1, 0.15) is 0 Å². The Labute approximate surface area is 155 Å². The minimum atomic E-state index is -3.79. The summed E-state index contributed by atoms with van der Waals surface area (Å²) < 4.78 is 28.3. The highest BCUT2D eigenvalue weighted by Gasteiger charge is 2.38. The van der Waals surface area contributed by atoms with Crippen LogP contribution in [0, 0.1) is 0 Å². The fraction of sp³-hybridized carbons (Fsp3) is 0.235. The van der Waals surface area contributed by atoms with Crippen LogP contribution >= 0.6 is 23.4 Å². The predicted molar refractivity (Wildman–Crippen MR) is 100 cm³/mol. The number of anilines is 2. The van der Waals surface area contributed by atoms with E-state index in [4.69, 9.17) is 11.6 Å². The minimum Gasteiger partial charge on any atom is -0.310 e. The molecule has 130 valence electrons. The van der Waals surface area contributed by atoms with Gasteiger partial charge >= 0.3 is 0 Å². The Bertz CT molecular complexity index is 974. The van der Waals surface area contributed by atoms with Gasteiger partial charge in [0, 0.05) is 33.0 Å². The number of benzene rings is 2. The summed E-state index contributed by atoms with van der Waals surface area (Å²) in [4.78, 5) is 15.2. The average molecular weight is 395 g/mol. The lowest BCUT2D eigenvalue weighted by Gasteiger charge is -2.29. The quantitative estimate of drug-likeness (QED) is 0.864. The van der Waals surface area contributed by atoms with Crippen molar-refractivity contribution in [2.24, 2.45) is 0 Å². The number of hydrogen-bond donors (Lipinski definition) is 1. The molecule has 1 amide bonds. The summed E-state index contributed by atoms with van der Waals surface area (Å²) in [6.45, 7) is 2.67. The second-order valence-corrected chi connectivity index (χ2v) is 9.68. The largest absolute Gasteiger partial charge is 0.310 e. The molecule has 2 aliphatic heterocycles. The second-order valence-electron chi connectivity index (χ2n) is 6.11. The number of thioether (sulfide) groups is 1. The highest BCUT2D eigenvalue weighted by molar-refractivity contribution is 8.00. The maximum Gasteiger partial charge on any atom is 0.262 e. The van der Waals surface area contributed by atoms with E-state index in [2.05, 4.69) is 11.6 Å². The van der Waals surface area contributed by atoms with Crippen LogP contribution in [-0.2, 0) is 21.2 Å². The van der Waals surface area contributed by atoms with E-state index in [0.717, 1.165) is 10.6 Å². The first-order chi connectivity index (χ1) is 11.8. The zero-order valence-electron chi connectivity index (χ0n) is 13.3. The van der Waals surface area contributed by atoms with Crippen molar-refractivity contribution in [2.45, 2.75) is 28.4 Å². The number of halogens is 1. The lowest BCUT2D eigenvalue weighted by atomic mass is 10.1. The predicted octanol–water partition coefficient (Wildman–Crippen LogP) is 3.52. The standard InChI is InChI=1S/C17H15ClN2O3S2/c1-10-9-20-16(21)8-13-15(7-6-14(24-10)17(13)20)25(22,23)19-12-4-2-11(18)3-5-12/h2-7,10,19H,8-9H2,1H3. The normalized spacial score (nSPS) is 19.0. The van der Waals surface area contributed by atoms with Crippen LogP contribution in [0.4, 0.5) is 11.4 Å². The summed E-state index contributed by atoms with van der Waals surface area (Å²) in [6.07, 6.45) is 0.118. The van der Waals surface area contributed by atoms with Gasteiger partial charge in [-0.3, -0.25) is 9.52 Å². The molecule has 1 N–H and O–H groups in total. The molecule has 8 heteroatoms. The molecule has 0 aliphatic carbocycles. The molecule has 2 heterocycles. The molecule has 1 unspecified atom stereocenters. The molecule has 0 radical (unpaired) electrons. The topological polar surface area (TPSA) is 66.5 Å². The van der Waals surface area contributed by atoms with Gasteiger partial charge in [-0.15, -0.1) is 11.8 Å². The van der Waals surface area contributed by atoms with Gasteiger partial charge in [0.15, 0.2) is 0 Å². The van der Waals surface area contributed by atoms with Gasteiger partial charge in [-0.05, 0) is 36.4 Å². The van der Waals surface area contributed by atoms with E-state index in [1.807, 2.05) is 0 Å². The molecule has 0 spiro atoms. The Morgan fingerprint density at radius 3 is 2.64 bits per heavy atom. The van der Waals surface area contributed by atoms with Gasteiger partial charge in [0.05, 0.1) is 17.0 Å². The molecule has 4 rings (SSSR count). The summed E-state index contributed by atoms with van der Waals surface area (Å²) in [5.74, 6) is -0.0439. The lowest BCUT2D eigenvalue weighted by molar-refractivity contribution is -0.117. The van der Waals surface area contributed by atoms with Crippen LogP contribution in [0.5, 0.6) is 0 Å². The molecule has 0 bridgehead atoms. The van der Waals surface area contributed by atoms with Crippen LogP contribution in [0.3, 0.4) is 0 Å². The van der Waals surface area contributed by atoms with Gasteiger partial charge in [-0.25, -0.2) is 8.42 Å². The summed E-state index contributed by atoms with van der Waals surface area (Å²) in [6, 6.07) is 9.83. The number of carbonyl (C=O) groups is 1. The highest BCUT2D eigenvalue weighted by atomic mass is 35.5. The number of carbonyl (C=O) groups excluding carboxylic acids is 1. The number of sulfonamides is 1. The third-order valence-corrected chi connectivity index (χ3v) is 7.11. The van der Waals surface area contributed by atoms with Crippen LogP contribution in [0.2, 0.25) is 5.02 Å². The first-order valence-corrected chi connectivity index (χ1v) is 10.5. The lowest BCUT2D eigenvalue weighted by Crippen LogP contribution is -2.35. The van der Waals surface area contributed by atoms with Gasteiger partial charge in [-0.2, -0.15) is 0 Å². The molecule has 2 aromatic carbocycles. The first-order valence-electron chi connectivity index (χ1n) is 7.76. The maximum atomic E-state index is 12.9. The monoisotopic (exact) mass is 394 g/mol. The number of rotatable bonds is 3. The van der Waals surface area contributed by atoms with Crippen molar-refractivity contribution >= 4 is 50.7 Å². The molecule has 0 saturated carbocycles. The van der Waals surface area contributed by atoms with Crippen molar-refractivity contribution in [3.8, 4) is 0 Å². The number of amides is 1. The van der Waals surface area contributed by atoms with Gasteiger partial charge in [0.2, 0.25) is 5.91 Å². The summed E-state index contributed by atoms with van der Waals surface area (Å²) in [7, 11) is -3.79. The van der Waals surface area contributed by atoms with E-state index < -0.39 is 10.0 Å². The zero-order chi connectivity index (χ0) is 17.8. The Morgan fingerprint density at radius 1 is 1.20 bits per heavy atom. The Morgan fingerprint density at radius 2 is 1.92 bits per heavy atom. The zero-order valence-corrected chi connectivity index (χ0v) is 15.7. The van der Waals surface area contributed by atoms with E-state index in [0.29, 0.717) is 22.8 Å². The van der Waals surface area contributed by atoms with Crippen LogP contribution in [0.1, 0.15) is 12.5 Å². The van der Waals surface area contributed by atoms with Crippen molar-refractivity contribution in [3.05, 3.63) is 47.0 Å². The molecule has 5 nitrogen and oxygen atoms in total. The highest BCUT2D eigenvalue weighted by Crippen LogP contribution is 2.46. The van der Waals surface area contributed by atoms with Gasteiger partial charge < -0.3 is 4.90 Å². The number of hydrogen-bond acceptors (Lipinski definition) is 4. The van der Waals surface area contributed by atoms with Crippen molar-refractivity contribution in [3.63, 3.8) is 0 Å². The van der Waals surface area contributed by atoms with E-state index in [-0.39, 0.29) is 22.5 Å². The smallest absolute Gasteiger partial charge is 0.262 e. The average Bonchev–Trinajstić information content (AvgIpc) is 2.87. The fourth-order valence-corrected chi connectivity index (χ4v) is 5.79. The molecule has 2 aliphatic rings. The van der Waals surface area contributed by atoms with Gasteiger partial charge in [-0.1, -0.05) is 18.5 Å². The van der Waals surface area contributed by atoms with Crippen molar-refractivity contribution in [2.75, 3.05) is 16.2 Å². The van der Waals surface area contributed by atoms with Gasteiger partial charge in [0.25, 0.3) is 10.0 Å². The van der Waals surface area contributed by atoms with Crippen molar-refractivity contribution in [1.29, 1.82) is 0 Å². The maximum absolute atomic E-state index is 12.9. The SMILES string of the molecule is CC1CN2C(=O)Cc3c(S(=O)(=O)Nc4ccc(Cl)cc4)ccc(c32)S1. The Balaban J connectivity index is 1.77. The van der Waals surface area contributed by atoms with E-state index in [1.165, 1.54) is 0 Å². The molecule has 0 saturated heterocycles. The summed E-state index contributed by atoms with van der Waals surface area (Å²) in [5, 5.41) is 0.819. The third kappa shape index (κ3) is 2.90. The number of nitrogens with zero attached hydrogens (tertiary/aromatic N) is 1. The summed E-state index contributed by atoms with van der Waals surface area (Å²) >= 11 is 7.51. The van der Waals surface area contributed by atoms with Crippen LogP contribution in [-0.4, -0.2) is 26.1 Å². The van der Waals surface area contributed by atoms with Crippen LogP contribution in [0.15, 0.2) is 46.2 Å². The van der Waals surface area contributed by atoms with Crippen LogP contribution < -0.4 is 9.62 Å². The molecular weight excluding hydrogens is 380 g/mol. The fourth-order valence-electron chi connectivity index (χ4n) is 3.21. The minimum absolute atomic E-state index is 0.0439. The Hall–Kier alpha value is -1.70. The third-order valence-electron chi connectivity index (χ3n) is 4.26. The van der Waals surface area contributed by atoms with Crippen LogP contribution in [0.25, 0.3) is 0 Å². The van der Waals surface area contributed by atoms with E-state index in [1.54, 1.807) is 53.1 Å².